The van der Waals surface area contributed by atoms with E-state index in [1.165, 1.54) is 0 Å². The number of carbonyl (C=O) groups excluding carboxylic acids is 2. The Balaban J connectivity index is 1.81. The van der Waals surface area contributed by atoms with Crippen molar-refractivity contribution in [2.45, 2.75) is 40.7 Å². The highest BCUT2D eigenvalue weighted by Crippen LogP contribution is 2.24. The first-order chi connectivity index (χ1) is 15.3. The van der Waals surface area contributed by atoms with Crippen molar-refractivity contribution >= 4 is 11.9 Å². The van der Waals surface area contributed by atoms with E-state index in [1.807, 2.05) is 58.0 Å². The first-order valence-corrected chi connectivity index (χ1v) is 10.6. The van der Waals surface area contributed by atoms with Gasteiger partial charge in [-0.1, -0.05) is 29.8 Å². The highest BCUT2D eigenvalue weighted by atomic mass is 16.5. The average Bonchev–Trinajstić information content (AvgIpc) is 2.75. The summed E-state index contributed by atoms with van der Waals surface area (Å²) in [6, 6.07) is 16.5. The molecule has 0 atom stereocenters. The summed E-state index contributed by atoms with van der Waals surface area (Å²) in [5.41, 5.74) is 12.3. The highest BCUT2D eigenvalue weighted by molar-refractivity contribution is 5.92. The number of carbonyl (C=O) groups is 2. The van der Waals surface area contributed by atoms with Crippen LogP contribution < -0.4 is 10.5 Å². The molecule has 0 amide bonds. The van der Waals surface area contributed by atoms with Gasteiger partial charge in [0.25, 0.3) is 0 Å². The minimum absolute atomic E-state index is 0.0138. The second-order valence-electron chi connectivity index (χ2n) is 8.06. The molecule has 5 nitrogen and oxygen atoms in total. The van der Waals surface area contributed by atoms with Crippen LogP contribution in [0, 0.1) is 27.7 Å². The molecule has 0 aliphatic carbocycles. The monoisotopic (exact) mass is 431 g/mol. The SMILES string of the molecule is Cc1ccc(C(=O)OCc2cc(CCN)ccc2OC(=O)c2ccc(C)c(C)c2)c(C)c1. The van der Waals surface area contributed by atoms with Gasteiger partial charge in [-0.15, -0.1) is 0 Å². The van der Waals surface area contributed by atoms with Gasteiger partial charge in [-0.2, -0.15) is 0 Å². The van der Waals surface area contributed by atoms with Crippen molar-refractivity contribution < 1.29 is 19.1 Å². The molecule has 0 aliphatic heterocycles. The van der Waals surface area contributed by atoms with Crippen molar-refractivity contribution in [3.8, 4) is 5.75 Å². The van der Waals surface area contributed by atoms with Crippen LogP contribution in [0.25, 0.3) is 0 Å². The maximum absolute atomic E-state index is 12.7. The minimum Gasteiger partial charge on any atom is -0.457 e. The molecule has 0 aromatic heterocycles. The molecule has 0 saturated heterocycles. The van der Waals surface area contributed by atoms with Crippen LogP contribution >= 0.6 is 0 Å². The van der Waals surface area contributed by atoms with Crippen LogP contribution in [0.4, 0.5) is 0 Å². The molecule has 0 spiro atoms. The fourth-order valence-corrected chi connectivity index (χ4v) is 3.46. The van der Waals surface area contributed by atoms with Gasteiger partial charge in [0.15, 0.2) is 0 Å². The predicted octanol–water partition coefficient (Wildman–Crippen LogP) is 5.00. The number of ether oxygens (including phenoxy) is 2. The molecule has 166 valence electrons. The van der Waals surface area contributed by atoms with Crippen LogP contribution in [-0.4, -0.2) is 18.5 Å². The van der Waals surface area contributed by atoms with Crippen molar-refractivity contribution in [2.75, 3.05) is 6.54 Å². The van der Waals surface area contributed by atoms with E-state index >= 15 is 0 Å². The topological polar surface area (TPSA) is 78.6 Å². The van der Waals surface area contributed by atoms with E-state index in [-0.39, 0.29) is 6.61 Å². The Bertz CT molecular complexity index is 1150. The number of rotatable bonds is 7. The Kier molecular flexibility index (Phi) is 7.44. The third kappa shape index (κ3) is 5.62. The van der Waals surface area contributed by atoms with Gasteiger partial charge in [-0.25, -0.2) is 9.59 Å². The highest BCUT2D eigenvalue weighted by Gasteiger charge is 2.16. The first-order valence-electron chi connectivity index (χ1n) is 10.6. The lowest BCUT2D eigenvalue weighted by molar-refractivity contribution is 0.0468. The van der Waals surface area contributed by atoms with Gasteiger partial charge in [0, 0.05) is 5.56 Å². The average molecular weight is 432 g/mol. The molecule has 3 aromatic carbocycles. The second kappa shape index (κ2) is 10.2. The zero-order chi connectivity index (χ0) is 23.3. The molecule has 0 heterocycles. The lowest BCUT2D eigenvalue weighted by Crippen LogP contribution is -2.13. The minimum atomic E-state index is -0.457. The van der Waals surface area contributed by atoms with Crippen molar-refractivity contribution in [3.05, 3.63) is 99.1 Å². The summed E-state index contributed by atoms with van der Waals surface area (Å²) in [5, 5.41) is 0. The van der Waals surface area contributed by atoms with Gasteiger partial charge in [-0.05, 0) is 93.2 Å². The molecule has 32 heavy (non-hydrogen) atoms. The van der Waals surface area contributed by atoms with E-state index < -0.39 is 11.9 Å². The Labute approximate surface area is 189 Å². The van der Waals surface area contributed by atoms with Crippen LogP contribution in [0.1, 0.15) is 54.1 Å². The van der Waals surface area contributed by atoms with Crippen LogP contribution in [0.5, 0.6) is 5.75 Å². The van der Waals surface area contributed by atoms with E-state index in [9.17, 15) is 9.59 Å². The molecule has 0 unspecified atom stereocenters. The summed E-state index contributed by atoms with van der Waals surface area (Å²) in [6.45, 7) is 8.27. The van der Waals surface area contributed by atoms with Gasteiger partial charge in [0.1, 0.15) is 12.4 Å². The molecular weight excluding hydrogens is 402 g/mol. The number of hydrogen-bond acceptors (Lipinski definition) is 5. The summed E-state index contributed by atoms with van der Waals surface area (Å²) in [5.74, 6) is -0.512. The molecule has 0 aliphatic rings. The van der Waals surface area contributed by atoms with Crippen molar-refractivity contribution in [2.24, 2.45) is 5.73 Å². The van der Waals surface area contributed by atoms with Crippen LogP contribution in [-0.2, 0) is 17.8 Å². The quantitative estimate of drug-likeness (QED) is 0.421. The van der Waals surface area contributed by atoms with E-state index in [0.29, 0.717) is 35.4 Å². The van der Waals surface area contributed by atoms with E-state index in [1.54, 1.807) is 24.3 Å². The van der Waals surface area contributed by atoms with Gasteiger partial charge in [0.05, 0.1) is 11.1 Å². The Morgan fingerprint density at radius 1 is 0.812 bits per heavy atom. The zero-order valence-corrected chi connectivity index (χ0v) is 19.0. The summed E-state index contributed by atoms with van der Waals surface area (Å²) in [4.78, 5) is 25.4. The van der Waals surface area contributed by atoms with Gasteiger partial charge >= 0.3 is 11.9 Å². The smallest absolute Gasteiger partial charge is 0.343 e. The number of esters is 2. The number of benzene rings is 3. The van der Waals surface area contributed by atoms with Crippen LogP contribution in [0.15, 0.2) is 54.6 Å². The standard InChI is InChI=1S/C27H29NO4/c1-17-5-9-24(20(4)13-17)27(30)31-16-23-15-21(11-12-28)7-10-25(23)32-26(29)22-8-6-18(2)19(3)14-22/h5-10,13-15H,11-12,16,28H2,1-4H3. The fraction of sp³-hybridized carbons (Fsp3) is 0.259. The third-order valence-electron chi connectivity index (χ3n) is 5.46. The maximum Gasteiger partial charge on any atom is 0.343 e. The molecular formula is C27H29NO4. The molecule has 3 aromatic rings. The summed E-state index contributed by atoms with van der Waals surface area (Å²) in [6.07, 6.45) is 0.670. The Morgan fingerprint density at radius 2 is 1.59 bits per heavy atom. The Hall–Kier alpha value is -3.44. The molecule has 0 saturated carbocycles. The predicted molar refractivity (Wildman–Crippen MR) is 125 cm³/mol. The van der Waals surface area contributed by atoms with Gasteiger partial charge in [-0.3, -0.25) is 0 Å². The summed E-state index contributed by atoms with van der Waals surface area (Å²) >= 11 is 0. The van der Waals surface area contributed by atoms with Crippen LogP contribution in [0.3, 0.4) is 0 Å². The summed E-state index contributed by atoms with van der Waals surface area (Å²) in [7, 11) is 0. The third-order valence-corrected chi connectivity index (χ3v) is 5.46. The molecule has 2 N–H and O–H groups in total. The molecule has 0 bridgehead atoms. The normalized spacial score (nSPS) is 10.7. The fourth-order valence-electron chi connectivity index (χ4n) is 3.46. The number of hydrogen-bond donors (Lipinski definition) is 1. The van der Waals surface area contributed by atoms with E-state index in [4.69, 9.17) is 15.2 Å². The maximum atomic E-state index is 12.7. The van der Waals surface area contributed by atoms with Crippen molar-refractivity contribution in [3.63, 3.8) is 0 Å². The lowest BCUT2D eigenvalue weighted by atomic mass is 10.1. The van der Waals surface area contributed by atoms with E-state index in [2.05, 4.69) is 0 Å². The Morgan fingerprint density at radius 3 is 2.28 bits per heavy atom. The van der Waals surface area contributed by atoms with Gasteiger partial charge in [0.2, 0.25) is 0 Å². The number of aryl methyl sites for hydroxylation is 4. The zero-order valence-electron chi connectivity index (χ0n) is 19.0. The second-order valence-corrected chi connectivity index (χ2v) is 8.06. The summed E-state index contributed by atoms with van der Waals surface area (Å²) < 4.78 is 11.2. The molecule has 0 radical (unpaired) electrons. The largest absolute Gasteiger partial charge is 0.457 e. The van der Waals surface area contributed by atoms with Crippen molar-refractivity contribution in [1.82, 2.24) is 0 Å². The van der Waals surface area contributed by atoms with Crippen LogP contribution in [0.2, 0.25) is 0 Å². The first kappa shape index (κ1) is 23.2. The van der Waals surface area contributed by atoms with Crippen molar-refractivity contribution in [1.29, 1.82) is 0 Å². The lowest BCUT2D eigenvalue weighted by Gasteiger charge is -2.14. The molecule has 3 rings (SSSR count). The number of nitrogens with two attached hydrogens (primary N) is 1. The molecule has 5 heteroatoms. The molecule has 0 fully saturated rings. The van der Waals surface area contributed by atoms with Gasteiger partial charge < -0.3 is 15.2 Å². The van der Waals surface area contributed by atoms with E-state index in [0.717, 1.165) is 27.8 Å².